The first kappa shape index (κ1) is 17.4. The van der Waals surface area contributed by atoms with Crippen LogP contribution >= 0.6 is 0 Å². The molecule has 3 aromatic rings. The van der Waals surface area contributed by atoms with E-state index in [2.05, 4.69) is 10.5 Å². The maximum absolute atomic E-state index is 13.5. The zero-order valence-corrected chi connectivity index (χ0v) is 13.9. The largest absolute Gasteiger partial charge is 0.488 e. The molecule has 1 N–H and O–H groups in total. The van der Waals surface area contributed by atoms with Gasteiger partial charge in [0.1, 0.15) is 18.2 Å². The van der Waals surface area contributed by atoms with Gasteiger partial charge in [-0.3, -0.25) is 4.79 Å². The summed E-state index contributed by atoms with van der Waals surface area (Å²) in [5.74, 6) is -0.381. The van der Waals surface area contributed by atoms with Crippen molar-refractivity contribution in [2.75, 3.05) is 0 Å². The van der Waals surface area contributed by atoms with Crippen molar-refractivity contribution in [2.45, 2.75) is 6.61 Å². The first-order valence-electron chi connectivity index (χ1n) is 8.08. The number of hydrazone groups is 1. The molecular weight excluding hydrogens is 331 g/mol. The van der Waals surface area contributed by atoms with Gasteiger partial charge in [-0.15, -0.1) is 0 Å². The van der Waals surface area contributed by atoms with Crippen LogP contribution in [0.3, 0.4) is 0 Å². The minimum Gasteiger partial charge on any atom is -0.488 e. The summed E-state index contributed by atoms with van der Waals surface area (Å²) in [6.45, 7) is 0.351. The van der Waals surface area contributed by atoms with Gasteiger partial charge >= 0.3 is 0 Å². The van der Waals surface area contributed by atoms with E-state index in [-0.39, 0.29) is 0 Å². The van der Waals surface area contributed by atoms with E-state index in [9.17, 15) is 9.18 Å². The van der Waals surface area contributed by atoms with Crippen molar-refractivity contribution in [1.29, 1.82) is 0 Å². The number of nitrogens with zero attached hydrogens (tertiary/aromatic N) is 1. The second-order valence-corrected chi connectivity index (χ2v) is 5.49. The molecule has 0 aliphatic carbocycles. The SMILES string of the molecule is O=C(N/N=C/c1ccccc1F)c1ccccc1OCc1ccccc1. The second kappa shape index (κ2) is 8.58. The molecule has 5 heteroatoms. The molecule has 0 saturated heterocycles. The molecule has 0 radical (unpaired) electrons. The van der Waals surface area contributed by atoms with Gasteiger partial charge in [0.2, 0.25) is 0 Å². The predicted octanol–water partition coefficient (Wildman–Crippen LogP) is 4.17. The number of carbonyl (C=O) groups is 1. The number of carbonyl (C=O) groups excluding carboxylic acids is 1. The van der Waals surface area contributed by atoms with Crippen LogP contribution in [0.2, 0.25) is 0 Å². The third-order valence-corrected chi connectivity index (χ3v) is 3.64. The average molecular weight is 348 g/mol. The Morgan fingerprint density at radius 2 is 1.65 bits per heavy atom. The van der Waals surface area contributed by atoms with Crippen molar-refractivity contribution >= 4 is 12.1 Å². The van der Waals surface area contributed by atoms with Crippen molar-refractivity contribution in [3.63, 3.8) is 0 Å². The van der Waals surface area contributed by atoms with Crippen LogP contribution in [0.15, 0.2) is 84.0 Å². The quantitative estimate of drug-likeness (QED) is 0.537. The van der Waals surface area contributed by atoms with Gasteiger partial charge in [-0.05, 0) is 23.8 Å². The molecule has 1 amide bonds. The fraction of sp³-hybridized carbons (Fsp3) is 0.0476. The number of benzene rings is 3. The molecule has 0 saturated carbocycles. The summed E-state index contributed by atoms with van der Waals surface area (Å²) in [7, 11) is 0. The highest BCUT2D eigenvalue weighted by Crippen LogP contribution is 2.19. The van der Waals surface area contributed by atoms with E-state index >= 15 is 0 Å². The lowest BCUT2D eigenvalue weighted by molar-refractivity contribution is 0.0950. The smallest absolute Gasteiger partial charge is 0.275 e. The Kier molecular flexibility index (Phi) is 5.72. The van der Waals surface area contributed by atoms with Gasteiger partial charge in [-0.25, -0.2) is 9.82 Å². The number of hydrogen-bond acceptors (Lipinski definition) is 3. The molecule has 0 unspecified atom stereocenters. The zero-order chi connectivity index (χ0) is 18.2. The maximum Gasteiger partial charge on any atom is 0.275 e. The molecule has 0 atom stereocenters. The highest BCUT2D eigenvalue weighted by molar-refractivity contribution is 5.97. The summed E-state index contributed by atoms with van der Waals surface area (Å²) < 4.78 is 19.3. The molecule has 3 rings (SSSR count). The molecule has 0 spiro atoms. The van der Waals surface area contributed by atoms with E-state index in [1.165, 1.54) is 12.3 Å². The Hall–Kier alpha value is -3.47. The fourth-order valence-electron chi connectivity index (χ4n) is 2.32. The van der Waals surface area contributed by atoms with Crippen molar-refractivity contribution in [2.24, 2.45) is 5.10 Å². The molecule has 0 bridgehead atoms. The molecule has 0 fully saturated rings. The molecule has 0 aliphatic rings. The molecule has 0 aliphatic heterocycles. The lowest BCUT2D eigenvalue weighted by Crippen LogP contribution is -2.18. The summed E-state index contributed by atoms with van der Waals surface area (Å²) in [4.78, 5) is 12.4. The number of ether oxygens (including phenoxy) is 1. The number of nitrogens with one attached hydrogen (secondary N) is 1. The van der Waals surface area contributed by atoms with Crippen molar-refractivity contribution in [3.8, 4) is 5.75 Å². The Labute approximate surface area is 150 Å². The summed E-state index contributed by atoms with van der Waals surface area (Å²) in [6.07, 6.45) is 1.26. The summed E-state index contributed by atoms with van der Waals surface area (Å²) in [5, 5.41) is 3.82. The molecule has 3 aromatic carbocycles. The van der Waals surface area contributed by atoms with E-state index in [0.29, 0.717) is 23.5 Å². The highest BCUT2D eigenvalue weighted by Gasteiger charge is 2.11. The Morgan fingerprint density at radius 1 is 0.962 bits per heavy atom. The molecular formula is C21H17FN2O2. The van der Waals surface area contributed by atoms with Gasteiger partial charge in [-0.2, -0.15) is 5.10 Å². The Balaban J connectivity index is 1.67. The number of para-hydroxylation sites is 1. The Bertz CT molecular complexity index is 911. The minimum absolute atomic E-state index is 0.293. The van der Waals surface area contributed by atoms with Gasteiger partial charge in [-0.1, -0.05) is 60.7 Å². The van der Waals surface area contributed by atoms with E-state index in [0.717, 1.165) is 5.56 Å². The van der Waals surface area contributed by atoms with Crippen LogP contribution in [-0.2, 0) is 6.61 Å². The minimum atomic E-state index is -0.429. The normalized spacial score (nSPS) is 10.7. The van der Waals surface area contributed by atoms with Crippen LogP contribution in [0.5, 0.6) is 5.75 Å². The topological polar surface area (TPSA) is 50.7 Å². The maximum atomic E-state index is 13.5. The molecule has 4 nitrogen and oxygen atoms in total. The molecule has 0 aromatic heterocycles. The average Bonchev–Trinajstić information content (AvgIpc) is 2.69. The van der Waals surface area contributed by atoms with E-state index in [1.807, 2.05) is 30.3 Å². The number of rotatable bonds is 6. The van der Waals surface area contributed by atoms with Gasteiger partial charge in [0.25, 0.3) is 5.91 Å². The molecule has 26 heavy (non-hydrogen) atoms. The summed E-state index contributed by atoms with van der Waals surface area (Å²) in [5.41, 5.74) is 4.05. The van der Waals surface area contributed by atoms with Crippen LogP contribution in [-0.4, -0.2) is 12.1 Å². The zero-order valence-electron chi connectivity index (χ0n) is 13.9. The van der Waals surface area contributed by atoms with Gasteiger partial charge in [0.15, 0.2) is 0 Å². The second-order valence-electron chi connectivity index (χ2n) is 5.49. The van der Waals surface area contributed by atoms with Crippen LogP contribution < -0.4 is 10.2 Å². The third kappa shape index (κ3) is 4.54. The molecule has 0 heterocycles. The van der Waals surface area contributed by atoms with Crippen LogP contribution in [0.4, 0.5) is 4.39 Å². The van der Waals surface area contributed by atoms with Crippen molar-refractivity contribution < 1.29 is 13.9 Å². The van der Waals surface area contributed by atoms with Gasteiger partial charge in [0, 0.05) is 5.56 Å². The fourth-order valence-corrected chi connectivity index (χ4v) is 2.32. The summed E-state index contributed by atoms with van der Waals surface area (Å²) >= 11 is 0. The van der Waals surface area contributed by atoms with Crippen LogP contribution in [0, 0.1) is 5.82 Å². The standard InChI is InChI=1S/C21H17FN2O2/c22-19-12-6-4-10-17(19)14-23-24-21(25)18-11-5-7-13-20(18)26-15-16-8-2-1-3-9-16/h1-14H,15H2,(H,24,25)/b23-14+. The number of halogens is 1. The van der Waals surface area contributed by atoms with Crippen molar-refractivity contribution in [1.82, 2.24) is 5.43 Å². The van der Waals surface area contributed by atoms with E-state index in [4.69, 9.17) is 4.74 Å². The predicted molar refractivity (Wildman–Crippen MR) is 98.7 cm³/mol. The summed E-state index contributed by atoms with van der Waals surface area (Å²) in [6, 6.07) is 22.8. The van der Waals surface area contributed by atoms with Crippen LogP contribution in [0.1, 0.15) is 21.5 Å². The van der Waals surface area contributed by atoms with E-state index in [1.54, 1.807) is 42.5 Å². The molecule has 130 valence electrons. The lowest BCUT2D eigenvalue weighted by atomic mass is 10.2. The number of hydrogen-bond donors (Lipinski definition) is 1. The lowest BCUT2D eigenvalue weighted by Gasteiger charge is -2.10. The third-order valence-electron chi connectivity index (χ3n) is 3.64. The Morgan fingerprint density at radius 3 is 2.46 bits per heavy atom. The first-order valence-corrected chi connectivity index (χ1v) is 8.08. The van der Waals surface area contributed by atoms with Gasteiger partial charge < -0.3 is 4.74 Å². The van der Waals surface area contributed by atoms with Crippen molar-refractivity contribution in [3.05, 3.63) is 101 Å². The number of amides is 1. The van der Waals surface area contributed by atoms with E-state index < -0.39 is 11.7 Å². The van der Waals surface area contributed by atoms with Crippen LogP contribution in [0.25, 0.3) is 0 Å². The first-order chi connectivity index (χ1) is 12.7. The highest BCUT2D eigenvalue weighted by atomic mass is 19.1. The monoisotopic (exact) mass is 348 g/mol. The van der Waals surface area contributed by atoms with Gasteiger partial charge in [0.05, 0.1) is 11.8 Å².